The summed E-state index contributed by atoms with van der Waals surface area (Å²) in [7, 11) is 0. The zero-order valence-corrected chi connectivity index (χ0v) is 15.9. The summed E-state index contributed by atoms with van der Waals surface area (Å²) < 4.78 is 44.1. The largest absolute Gasteiger partial charge is 0.416 e. The van der Waals surface area contributed by atoms with Gasteiger partial charge in [0.05, 0.1) is 24.8 Å². The molecule has 1 aromatic rings. The molecule has 3 fully saturated rings. The van der Waals surface area contributed by atoms with Crippen LogP contribution in [0.25, 0.3) is 0 Å². The minimum Gasteiger partial charge on any atom is -0.379 e. The number of ether oxygens (including phenoxy) is 1. The Kier molecular flexibility index (Phi) is 5.65. The number of carbonyl (C=O) groups is 1. The molecule has 4 nitrogen and oxygen atoms in total. The van der Waals surface area contributed by atoms with E-state index in [-0.39, 0.29) is 17.9 Å². The molecule has 1 aliphatic heterocycles. The maximum Gasteiger partial charge on any atom is 0.416 e. The van der Waals surface area contributed by atoms with Crippen LogP contribution in [0.4, 0.5) is 13.2 Å². The van der Waals surface area contributed by atoms with Gasteiger partial charge in [-0.2, -0.15) is 13.2 Å². The first-order valence-electron chi connectivity index (χ1n) is 10.2. The third-order valence-electron chi connectivity index (χ3n) is 6.65. The van der Waals surface area contributed by atoms with Gasteiger partial charge in [0.2, 0.25) is 5.91 Å². The Bertz CT molecular complexity index is 686. The number of hydrogen-bond acceptors (Lipinski definition) is 3. The monoisotopic (exact) mass is 396 g/mol. The molecule has 3 aliphatic rings. The summed E-state index contributed by atoms with van der Waals surface area (Å²) in [4.78, 5) is 14.9. The second-order valence-electron chi connectivity index (χ2n) is 8.31. The number of fused-ring (bicyclic) bond motifs is 2. The number of amides is 1. The zero-order valence-electron chi connectivity index (χ0n) is 15.9. The molecule has 7 heteroatoms. The van der Waals surface area contributed by atoms with Gasteiger partial charge < -0.3 is 10.1 Å². The minimum absolute atomic E-state index is 0.108. The molecular formula is C21H27F3N2O2. The molecular weight excluding hydrogens is 369 g/mol. The molecule has 154 valence electrons. The lowest BCUT2D eigenvalue weighted by atomic mass is 9.88. The van der Waals surface area contributed by atoms with Crippen LogP contribution < -0.4 is 5.32 Å². The third-order valence-corrected chi connectivity index (χ3v) is 6.65. The number of carbonyl (C=O) groups excluding carboxylic acids is 1. The van der Waals surface area contributed by atoms with E-state index in [0.717, 1.165) is 30.5 Å². The number of alkyl halides is 3. The highest BCUT2D eigenvalue weighted by Crippen LogP contribution is 2.48. The number of hydrogen-bond donors (Lipinski definition) is 1. The van der Waals surface area contributed by atoms with Crippen molar-refractivity contribution in [3.8, 4) is 0 Å². The van der Waals surface area contributed by atoms with Gasteiger partial charge in [-0.05, 0) is 48.8 Å². The van der Waals surface area contributed by atoms with Gasteiger partial charge in [0.15, 0.2) is 0 Å². The van der Waals surface area contributed by atoms with Crippen molar-refractivity contribution in [3.63, 3.8) is 0 Å². The molecule has 4 atom stereocenters. The molecule has 1 saturated heterocycles. The van der Waals surface area contributed by atoms with E-state index < -0.39 is 11.7 Å². The van der Waals surface area contributed by atoms with Crippen molar-refractivity contribution in [2.24, 2.45) is 17.8 Å². The van der Waals surface area contributed by atoms with Crippen LogP contribution in [0, 0.1) is 17.8 Å². The van der Waals surface area contributed by atoms with Crippen LogP contribution in [0.5, 0.6) is 0 Å². The van der Waals surface area contributed by atoms with E-state index in [9.17, 15) is 18.0 Å². The fourth-order valence-corrected chi connectivity index (χ4v) is 5.14. The number of halogens is 3. The van der Waals surface area contributed by atoms with Crippen molar-refractivity contribution in [2.45, 2.75) is 37.9 Å². The number of benzene rings is 1. The Labute approximate surface area is 163 Å². The van der Waals surface area contributed by atoms with Gasteiger partial charge in [0, 0.05) is 25.6 Å². The number of nitrogens with one attached hydrogen (secondary N) is 1. The van der Waals surface area contributed by atoms with Gasteiger partial charge in [-0.1, -0.05) is 18.6 Å². The molecule has 2 saturated carbocycles. The van der Waals surface area contributed by atoms with Gasteiger partial charge in [0.25, 0.3) is 0 Å². The highest BCUT2D eigenvalue weighted by Gasteiger charge is 2.43. The molecule has 1 aromatic carbocycles. The Hall–Kier alpha value is -1.60. The molecule has 1 N–H and O–H groups in total. The average molecular weight is 396 g/mol. The van der Waals surface area contributed by atoms with Gasteiger partial charge in [0.1, 0.15) is 0 Å². The highest BCUT2D eigenvalue weighted by molar-refractivity contribution is 5.79. The first kappa shape index (κ1) is 19.7. The van der Waals surface area contributed by atoms with Crippen LogP contribution >= 0.6 is 0 Å². The molecule has 0 unspecified atom stereocenters. The summed E-state index contributed by atoms with van der Waals surface area (Å²) in [5, 5.41) is 3.11. The molecule has 1 heterocycles. The van der Waals surface area contributed by atoms with Crippen molar-refractivity contribution in [1.82, 2.24) is 10.2 Å². The number of rotatable bonds is 5. The predicted molar refractivity (Wildman–Crippen MR) is 98.5 cm³/mol. The molecule has 0 spiro atoms. The van der Waals surface area contributed by atoms with Gasteiger partial charge in [-0.3, -0.25) is 9.69 Å². The van der Waals surface area contributed by atoms with Crippen LogP contribution in [0.1, 0.15) is 42.9 Å². The van der Waals surface area contributed by atoms with Gasteiger partial charge >= 0.3 is 6.18 Å². The van der Waals surface area contributed by atoms with Gasteiger partial charge in [-0.25, -0.2) is 0 Å². The van der Waals surface area contributed by atoms with Crippen LogP contribution in [0.3, 0.4) is 0 Å². The van der Waals surface area contributed by atoms with E-state index in [1.54, 1.807) is 0 Å². The summed E-state index contributed by atoms with van der Waals surface area (Å²) in [5.74, 6) is 1.43. The summed E-state index contributed by atoms with van der Waals surface area (Å²) >= 11 is 0. The van der Waals surface area contributed by atoms with E-state index in [1.807, 2.05) is 0 Å². The molecule has 2 bridgehead atoms. The molecule has 2 aliphatic carbocycles. The lowest BCUT2D eigenvalue weighted by Gasteiger charge is -2.35. The topological polar surface area (TPSA) is 41.6 Å². The van der Waals surface area contributed by atoms with Crippen LogP contribution in [0.2, 0.25) is 0 Å². The minimum atomic E-state index is -4.34. The lowest BCUT2D eigenvalue weighted by molar-refractivity contribution is -0.137. The maximum absolute atomic E-state index is 12.9. The Morgan fingerprint density at radius 3 is 2.43 bits per heavy atom. The fraction of sp³-hybridized carbons (Fsp3) is 0.667. The molecule has 1 amide bonds. The van der Waals surface area contributed by atoms with E-state index in [0.29, 0.717) is 44.7 Å². The summed E-state index contributed by atoms with van der Waals surface area (Å²) in [6, 6.07) is 5.18. The Morgan fingerprint density at radius 1 is 1.14 bits per heavy atom. The second-order valence-corrected chi connectivity index (χ2v) is 8.31. The standard InChI is InChI=1S/C21H27F3N2O2/c22-21(23,24)17-5-3-15(4-6-17)19(26-7-9-28-10-8-26)13-25-20(27)18-12-14-1-2-16(18)11-14/h3-6,14,16,18-19H,1-2,7-13H2,(H,25,27)/t14-,16-,18+,19-/m0/s1. The first-order chi connectivity index (χ1) is 13.4. The Morgan fingerprint density at radius 2 is 1.86 bits per heavy atom. The molecule has 28 heavy (non-hydrogen) atoms. The van der Waals surface area contributed by atoms with Crippen molar-refractivity contribution in [2.75, 3.05) is 32.8 Å². The fourth-order valence-electron chi connectivity index (χ4n) is 5.14. The first-order valence-corrected chi connectivity index (χ1v) is 10.2. The SMILES string of the molecule is O=C(NC[C@@H](c1ccc(C(F)(F)F)cc1)N1CCOCC1)[C@@H]1C[C@H]2CC[C@H]1C2. The normalized spacial score (nSPS) is 29.0. The van der Waals surface area contributed by atoms with E-state index >= 15 is 0 Å². The van der Waals surface area contributed by atoms with E-state index in [4.69, 9.17) is 4.74 Å². The molecule has 0 radical (unpaired) electrons. The highest BCUT2D eigenvalue weighted by atomic mass is 19.4. The lowest BCUT2D eigenvalue weighted by Crippen LogP contribution is -2.45. The van der Waals surface area contributed by atoms with E-state index in [1.165, 1.54) is 25.0 Å². The predicted octanol–water partition coefficient (Wildman–Crippen LogP) is 3.63. The third kappa shape index (κ3) is 4.20. The smallest absolute Gasteiger partial charge is 0.379 e. The Balaban J connectivity index is 1.45. The quantitative estimate of drug-likeness (QED) is 0.827. The average Bonchev–Trinajstić information content (AvgIpc) is 3.32. The van der Waals surface area contributed by atoms with Crippen LogP contribution in [-0.4, -0.2) is 43.7 Å². The molecule has 0 aromatic heterocycles. The summed E-state index contributed by atoms with van der Waals surface area (Å²) in [6.07, 6.45) is 0.205. The second kappa shape index (κ2) is 8.03. The summed E-state index contributed by atoms with van der Waals surface area (Å²) in [5.41, 5.74) is 0.145. The number of nitrogens with zero attached hydrogens (tertiary/aromatic N) is 1. The van der Waals surface area contributed by atoms with Crippen LogP contribution in [0.15, 0.2) is 24.3 Å². The summed E-state index contributed by atoms with van der Waals surface area (Å²) in [6.45, 7) is 3.01. The number of morpholine rings is 1. The van der Waals surface area contributed by atoms with Gasteiger partial charge in [-0.15, -0.1) is 0 Å². The van der Waals surface area contributed by atoms with Crippen molar-refractivity contribution in [3.05, 3.63) is 35.4 Å². The van der Waals surface area contributed by atoms with Crippen molar-refractivity contribution < 1.29 is 22.7 Å². The van der Waals surface area contributed by atoms with Crippen molar-refractivity contribution in [1.29, 1.82) is 0 Å². The van der Waals surface area contributed by atoms with E-state index in [2.05, 4.69) is 10.2 Å². The van der Waals surface area contributed by atoms with Crippen molar-refractivity contribution >= 4 is 5.91 Å². The van der Waals surface area contributed by atoms with Crippen LogP contribution in [-0.2, 0) is 15.7 Å². The zero-order chi connectivity index (χ0) is 19.7. The molecule has 4 rings (SSSR count). The maximum atomic E-state index is 12.9.